The van der Waals surface area contributed by atoms with Crippen LogP contribution in [0.1, 0.15) is 21.9 Å². The van der Waals surface area contributed by atoms with Crippen LogP contribution >= 0.6 is 0 Å². The second kappa shape index (κ2) is 5.06. The molecule has 3 aromatic rings. The minimum atomic E-state index is -0.556. The molecule has 3 aromatic heterocycles. The van der Waals surface area contributed by atoms with Crippen molar-refractivity contribution in [2.75, 3.05) is 0 Å². The van der Waals surface area contributed by atoms with Crippen LogP contribution in [0.15, 0.2) is 24.5 Å². The molecule has 0 unspecified atom stereocenters. The van der Waals surface area contributed by atoms with Gasteiger partial charge in [-0.3, -0.25) is 9.48 Å². The van der Waals surface area contributed by atoms with Gasteiger partial charge in [0.05, 0.1) is 23.8 Å². The number of carbonyl (C=O) groups excluding carboxylic acids is 1. The van der Waals surface area contributed by atoms with Crippen molar-refractivity contribution in [3.8, 4) is 16.9 Å². The lowest BCUT2D eigenvalue weighted by molar-refractivity contribution is 0.0995. The first-order valence-electron chi connectivity index (χ1n) is 6.66. The van der Waals surface area contributed by atoms with Crippen molar-refractivity contribution >= 4 is 5.91 Å². The quantitative estimate of drug-likeness (QED) is 0.769. The van der Waals surface area contributed by atoms with Crippen molar-refractivity contribution < 1.29 is 4.79 Å². The Morgan fingerprint density at radius 1 is 1.27 bits per heavy atom. The molecule has 8 nitrogen and oxygen atoms in total. The number of nitrogens with two attached hydrogens (primary N) is 1. The SMILES string of the molecule is Cc1nc(C(N)=O)ccc1-n1cc(-c2cnn(C)c2C)nn1. The number of aryl methyl sites for hydroxylation is 2. The molecule has 0 bridgehead atoms. The van der Waals surface area contributed by atoms with Crippen LogP contribution < -0.4 is 5.73 Å². The van der Waals surface area contributed by atoms with E-state index in [0.717, 1.165) is 22.6 Å². The molecule has 0 saturated heterocycles. The van der Waals surface area contributed by atoms with E-state index in [-0.39, 0.29) is 5.69 Å². The van der Waals surface area contributed by atoms with Gasteiger partial charge in [-0.1, -0.05) is 5.21 Å². The third kappa shape index (κ3) is 2.24. The van der Waals surface area contributed by atoms with E-state index in [1.54, 1.807) is 40.8 Å². The molecule has 3 rings (SSSR count). The van der Waals surface area contributed by atoms with Gasteiger partial charge in [0.1, 0.15) is 11.4 Å². The Hall–Kier alpha value is -3.03. The van der Waals surface area contributed by atoms with Crippen molar-refractivity contribution in [1.29, 1.82) is 0 Å². The number of nitrogens with zero attached hydrogens (tertiary/aromatic N) is 6. The van der Waals surface area contributed by atoms with Crippen molar-refractivity contribution in [2.24, 2.45) is 12.8 Å². The lowest BCUT2D eigenvalue weighted by Gasteiger charge is -2.05. The Kier molecular flexibility index (Phi) is 3.21. The second-order valence-corrected chi connectivity index (χ2v) is 4.98. The van der Waals surface area contributed by atoms with Crippen LogP contribution in [-0.2, 0) is 7.05 Å². The van der Waals surface area contributed by atoms with Gasteiger partial charge in [-0.25, -0.2) is 9.67 Å². The van der Waals surface area contributed by atoms with Gasteiger partial charge in [0.15, 0.2) is 0 Å². The van der Waals surface area contributed by atoms with Crippen molar-refractivity contribution in [3.63, 3.8) is 0 Å². The van der Waals surface area contributed by atoms with Crippen molar-refractivity contribution in [1.82, 2.24) is 29.8 Å². The molecule has 8 heteroatoms. The van der Waals surface area contributed by atoms with E-state index in [1.807, 2.05) is 14.0 Å². The molecule has 0 aromatic carbocycles. The summed E-state index contributed by atoms with van der Waals surface area (Å²) >= 11 is 0. The lowest BCUT2D eigenvalue weighted by atomic mass is 10.2. The molecule has 0 spiro atoms. The monoisotopic (exact) mass is 297 g/mol. The summed E-state index contributed by atoms with van der Waals surface area (Å²) in [6, 6.07) is 3.32. The van der Waals surface area contributed by atoms with E-state index in [0.29, 0.717) is 5.69 Å². The fourth-order valence-corrected chi connectivity index (χ4v) is 2.19. The molecule has 0 atom stereocenters. The molecule has 0 aliphatic heterocycles. The molecule has 2 N–H and O–H groups in total. The summed E-state index contributed by atoms with van der Waals surface area (Å²) in [5.41, 5.74) is 9.50. The van der Waals surface area contributed by atoms with E-state index in [1.165, 1.54) is 0 Å². The first-order chi connectivity index (χ1) is 10.5. The minimum Gasteiger partial charge on any atom is -0.364 e. The van der Waals surface area contributed by atoms with Gasteiger partial charge in [-0.15, -0.1) is 5.10 Å². The Bertz CT molecular complexity index is 862. The summed E-state index contributed by atoms with van der Waals surface area (Å²) < 4.78 is 3.40. The third-order valence-corrected chi connectivity index (χ3v) is 3.56. The van der Waals surface area contributed by atoms with Gasteiger partial charge in [-0.2, -0.15) is 5.10 Å². The fraction of sp³-hybridized carbons (Fsp3) is 0.214. The van der Waals surface area contributed by atoms with E-state index >= 15 is 0 Å². The highest BCUT2D eigenvalue weighted by molar-refractivity contribution is 5.90. The number of primary amides is 1. The normalized spacial score (nSPS) is 10.9. The van der Waals surface area contributed by atoms with Crippen LogP contribution in [0.3, 0.4) is 0 Å². The standard InChI is InChI=1S/C14H15N7O/c1-8-13(5-4-11(17-8)14(15)22)21-7-12(18-19-21)10-6-16-20(3)9(10)2/h4-7H,1-3H3,(H2,15,22). The minimum absolute atomic E-state index is 0.227. The summed E-state index contributed by atoms with van der Waals surface area (Å²) in [4.78, 5) is 15.3. The van der Waals surface area contributed by atoms with Gasteiger partial charge in [0.25, 0.3) is 5.91 Å². The van der Waals surface area contributed by atoms with Gasteiger partial charge in [0, 0.05) is 18.3 Å². The van der Waals surface area contributed by atoms with Gasteiger partial charge in [0.2, 0.25) is 0 Å². The van der Waals surface area contributed by atoms with Crippen LogP contribution in [0, 0.1) is 13.8 Å². The number of pyridine rings is 1. The highest BCUT2D eigenvalue weighted by Gasteiger charge is 2.13. The van der Waals surface area contributed by atoms with Crippen LogP contribution in [0.25, 0.3) is 16.9 Å². The highest BCUT2D eigenvalue weighted by atomic mass is 16.1. The molecular weight excluding hydrogens is 282 g/mol. The predicted octanol–water partition coefficient (Wildman–Crippen LogP) is 0.779. The van der Waals surface area contributed by atoms with E-state index in [2.05, 4.69) is 20.4 Å². The molecule has 0 aliphatic rings. The average molecular weight is 297 g/mol. The summed E-state index contributed by atoms with van der Waals surface area (Å²) in [5, 5.41) is 12.5. The topological polar surface area (TPSA) is 105 Å². The smallest absolute Gasteiger partial charge is 0.267 e. The van der Waals surface area contributed by atoms with Gasteiger partial charge in [-0.05, 0) is 26.0 Å². The molecule has 0 saturated carbocycles. The predicted molar refractivity (Wildman–Crippen MR) is 79.3 cm³/mol. The molecule has 3 heterocycles. The van der Waals surface area contributed by atoms with Gasteiger partial charge >= 0.3 is 0 Å². The highest BCUT2D eigenvalue weighted by Crippen LogP contribution is 2.21. The first kappa shape index (κ1) is 13.9. The molecule has 1 amide bonds. The molecule has 112 valence electrons. The maximum absolute atomic E-state index is 11.1. The van der Waals surface area contributed by atoms with Crippen molar-refractivity contribution in [2.45, 2.75) is 13.8 Å². The Morgan fingerprint density at radius 3 is 2.64 bits per heavy atom. The van der Waals surface area contributed by atoms with Crippen LogP contribution in [0.5, 0.6) is 0 Å². The van der Waals surface area contributed by atoms with Crippen LogP contribution in [0.4, 0.5) is 0 Å². The summed E-state index contributed by atoms with van der Waals surface area (Å²) in [7, 11) is 1.87. The van der Waals surface area contributed by atoms with E-state index in [9.17, 15) is 4.79 Å². The molecule has 22 heavy (non-hydrogen) atoms. The number of hydrogen-bond acceptors (Lipinski definition) is 5. The van der Waals surface area contributed by atoms with E-state index < -0.39 is 5.91 Å². The number of carbonyl (C=O) groups is 1. The lowest BCUT2D eigenvalue weighted by Crippen LogP contribution is -2.14. The Morgan fingerprint density at radius 2 is 2.05 bits per heavy atom. The second-order valence-electron chi connectivity index (χ2n) is 4.98. The zero-order valence-corrected chi connectivity index (χ0v) is 12.5. The Balaban J connectivity index is 2.01. The van der Waals surface area contributed by atoms with Crippen LogP contribution in [-0.4, -0.2) is 35.7 Å². The number of aromatic nitrogens is 6. The zero-order chi connectivity index (χ0) is 15.9. The third-order valence-electron chi connectivity index (χ3n) is 3.56. The largest absolute Gasteiger partial charge is 0.364 e. The van der Waals surface area contributed by atoms with Gasteiger partial charge < -0.3 is 5.73 Å². The summed E-state index contributed by atoms with van der Waals surface area (Å²) in [6.07, 6.45) is 3.56. The molecule has 0 radical (unpaired) electrons. The summed E-state index contributed by atoms with van der Waals surface area (Å²) in [5.74, 6) is -0.556. The average Bonchev–Trinajstić information content (AvgIpc) is 3.07. The fourth-order valence-electron chi connectivity index (χ4n) is 2.19. The zero-order valence-electron chi connectivity index (χ0n) is 12.5. The van der Waals surface area contributed by atoms with Crippen LogP contribution in [0.2, 0.25) is 0 Å². The molecular formula is C14H15N7O. The molecule has 0 aliphatic carbocycles. The number of amides is 1. The maximum atomic E-state index is 11.1. The number of hydrogen-bond donors (Lipinski definition) is 1. The van der Waals surface area contributed by atoms with Crippen molar-refractivity contribution in [3.05, 3.63) is 41.6 Å². The first-order valence-corrected chi connectivity index (χ1v) is 6.66. The molecule has 0 fully saturated rings. The maximum Gasteiger partial charge on any atom is 0.267 e. The van der Waals surface area contributed by atoms with E-state index in [4.69, 9.17) is 5.73 Å². The Labute approximate surface area is 126 Å². The summed E-state index contributed by atoms with van der Waals surface area (Å²) in [6.45, 7) is 3.76. The number of rotatable bonds is 3.